The van der Waals surface area contributed by atoms with Gasteiger partial charge in [0.2, 0.25) is 0 Å². The van der Waals surface area contributed by atoms with E-state index in [2.05, 4.69) is 34.7 Å². The summed E-state index contributed by atoms with van der Waals surface area (Å²) in [6, 6.07) is 6.27. The van der Waals surface area contributed by atoms with Crippen LogP contribution in [0.15, 0.2) is 23.4 Å². The highest BCUT2D eigenvalue weighted by molar-refractivity contribution is 7.99. The molecule has 0 amide bonds. The summed E-state index contributed by atoms with van der Waals surface area (Å²) in [5.41, 5.74) is 8.72. The van der Waals surface area contributed by atoms with Gasteiger partial charge in [-0.1, -0.05) is 17.8 Å². The number of hydrogen-bond donors (Lipinski definition) is 2. The van der Waals surface area contributed by atoms with Crippen LogP contribution in [0.3, 0.4) is 0 Å². The van der Waals surface area contributed by atoms with Crippen molar-refractivity contribution in [2.24, 2.45) is 12.8 Å². The zero-order chi connectivity index (χ0) is 12.4. The standard InChI is InChI=1S/C12H16N4S/c1-8-3-4-10-9(7-8)15-12(16(10)2)17-6-5-11(13)14/h3-4,7H,5-6H2,1-2H3,(H3,13,14). The van der Waals surface area contributed by atoms with Crippen LogP contribution in [0.1, 0.15) is 12.0 Å². The van der Waals surface area contributed by atoms with E-state index >= 15 is 0 Å². The molecule has 0 saturated carbocycles. The molecule has 90 valence electrons. The maximum absolute atomic E-state index is 7.19. The molecule has 4 nitrogen and oxygen atoms in total. The lowest BCUT2D eigenvalue weighted by atomic mass is 10.2. The van der Waals surface area contributed by atoms with Crippen molar-refractivity contribution >= 4 is 28.6 Å². The van der Waals surface area contributed by atoms with Gasteiger partial charge in [0.05, 0.1) is 16.9 Å². The molecule has 1 heterocycles. The Morgan fingerprint density at radius 1 is 1.53 bits per heavy atom. The van der Waals surface area contributed by atoms with Gasteiger partial charge in [0.15, 0.2) is 5.16 Å². The van der Waals surface area contributed by atoms with E-state index in [1.54, 1.807) is 11.8 Å². The number of nitrogens with zero attached hydrogens (tertiary/aromatic N) is 2. The third kappa shape index (κ3) is 2.61. The number of aromatic nitrogens is 2. The number of fused-ring (bicyclic) bond motifs is 1. The maximum Gasteiger partial charge on any atom is 0.168 e. The topological polar surface area (TPSA) is 67.7 Å². The molecule has 5 heteroatoms. The van der Waals surface area contributed by atoms with Crippen molar-refractivity contribution in [1.29, 1.82) is 5.41 Å². The van der Waals surface area contributed by atoms with Gasteiger partial charge in [-0.15, -0.1) is 0 Å². The SMILES string of the molecule is Cc1ccc2c(c1)nc(SCCC(=N)N)n2C. The van der Waals surface area contributed by atoms with Gasteiger partial charge in [0.25, 0.3) is 0 Å². The second kappa shape index (κ2) is 4.79. The Morgan fingerprint density at radius 2 is 2.29 bits per heavy atom. The van der Waals surface area contributed by atoms with Crippen molar-refractivity contribution in [3.63, 3.8) is 0 Å². The highest BCUT2D eigenvalue weighted by Crippen LogP contribution is 2.23. The van der Waals surface area contributed by atoms with Crippen molar-refractivity contribution in [3.8, 4) is 0 Å². The molecule has 2 rings (SSSR count). The monoisotopic (exact) mass is 248 g/mol. The van der Waals surface area contributed by atoms with Gasteiger partial charge in [-0.3, -0.25) is 5.41 Å². The molecule has 1 aromatic heterocycles. The summed E-state index contributed by atoms with van der Waals surface area (Å²) in [5.74, 6) is 1.03. The summed E-state index contributed by atoms with van der Waals surface area (Å²) >= 11 is 1.64. The average Bonchev–Trinajstić information content (AvgIpc) is 2.55. The van der Waals surface area contributed by atoms with Gasteiger partial charge in [-0.2, -0.15) is 0 Å². The van der Waals surface area contributed by atoms with Crippen LogP contribution in [0.2, 0.25) is 0 Å². The van der Waals surface area contributed by atoms with Crippen LogP contribution in [0.25, 0.3) is 11.0 Å². The molecule has 0 aliphatic carbocycles. The van der Waals surface area contributed by atoms with E-state index in [1.807, 2.05) is 7.05 Å². The minimum absolute atomic E-state index is 0.229. The molecule has 0 fully saturated rings. The number of nitrogens with one attached hydrogen (secondary N) is 1. The zero-order valence-electron chi connectivity index (χ0n) is 10.0. The Labute approximate surface area is 105 Å². The fourth-order valence-corrected chi connectivity index (χ4v) is 2.63. The van der Waals surface area contributed by atoms with Crippen LogP contribution in [-0.4, -0.2) is 21.1 Å². The third-order valence-corrected chi connectivity index (χ3v) is 3.63. The van der Waals surface area contributed by atoms with Crippen molar-refractivity contribution in [2.45, 2.75) is 18.5 Å². The number of amidine groups is 1. The molecular weight excluding hydrogens is 232 g/mol. The summed E-state index contributed by atoms with van der Waals surface area (Å²) < 4.78 is 2.08. The molecule has 3 N–H and O–H groups in total. The summed E-state index contributed by atoms with van der Waals surface area (Å²) in [7, 11) is 2.01. The smallest absolute Gasteiger partial charge is 0.168 e. The first-order chi connectivity index (χ1) is 8.08. The second-order valence-electron chi connectivity index (χ2n) is 4.07. The highest BCUT2D eigenvalue weighted by atomic mass is 32.2. The van der Waals surface area contributed by atoms with Gasteiger partial charge in [0.1, 0.15) is 0 Å². The first-order valence-electron chi connectivity index (χ1n) is 5.46. The maximum atomic E-state index is 7.19. The molecule has 0 spiro atoms. The molecular formula is C12H16N4S. The van der Waals surface area contributed by atoms with Gasteiger partial charge >= 0.3 is 0 Å². The fraction of sp³-hybridized carbons (Fsp3) is 0.333. The summed E-state index contributed by atoms with van der Waals surface area (Å²) in [5, 5.41) is 8.17. The molecule has 2 aromatic rings. The lowest BCUT2D eigenvalue weighted by molar-refractivity contribution is 0.815. The highest BCUT2D eigenvalue weighted by Gasteiger charge is 2.08. The van der Waals surface area contributed by atoms with Gasteiger partial charge in [0, 0.05) is 19.2 Å². The first-order valence-corrected chi connectivity index (χ1v) is 6.45. The van der Waals surface area contributed by atoms with Crippen molar-refractivity contribution in [3.05, 3.63) is 23.8 Å². The quantitative estimate of drug-likeness (QED) is 0.495. The Balaban J connectivity index is 2.23. The Bertz CT molecular complexity index is 559. The summed E-state index contributed by atoms with van der Waals surface area (Å²) in [4.78, 5) is 4.58. The number of benzene rings is 1. The van der Waals surface area contributed by atoms with Crippen molar-refractivity contribution < 1.29 is 0 Å². The van der Waals surface area contributed by atoms with Gasteiger partial charge in [-0.25, -0.2) is 4.98 Å². The molecule has 0 radical (unpaired) electrons. The van der Waals surface area contributed by atoms with Crippen molar-refractivity contribution in [1.82, 2.24) is 9.55 Å². The lowest BCUT2D eigenvalue weighted by Crippen LogP contribution is -2.10. The average molecular weight is 248 g/mol. The van der Waals surface area contributed by atoms with Crippen LogP contribution in [-0.2, 0) is 7.05 Å². The Hall–Kier alpha value is -1.49. The molecule has 0 saturated heterocycles. The number of hydrogen-bond acceptors (Lipinski definition) is 3. The third-order valence-electron chi connectivity index (χ3n) is 2.60. The number of imidazole rings is 1. The number of aryl methyl sites for hydroxylation is 2. The number of rotatable bonds is 4. The van der Waals surface area contributed by atoms with Crippen LogP contribution >= 0.6 is 11.8 Å². The molecule has 0 unspecified atom stereocenters. The largest absolute Gasteiger partial charge is 0.388 e. The van der Waals surface area contributed by atoms with Crippen LogP contribution in [0, 0.1) is 12.3 Å². The molecule has 0 atom stereocenters. The van der Waals surface area contributed by atoms with Crippen LogP contribution in [0.5, 0.6) is 0 Å². The molecule has 0 aliphatic heterocycles. The van der Waals surface area contributed by atoms with E-state index in [0.717, 1.165) is 21.9 Å². The van der Waals surface area contributed by atoms with E-state index in [4.69, 9.17) is 11.1 Å². The molecule has 17 heavy (non-hydrogen) atoms. The van der Waals surface area contributed by atoms with Gasteiger partial charge in [-0.05, 0) is 24.6 Å². The number of thioether (sulfide) groups is 1. The van der Waals surface area contributed by atoms with Gasteiger partial charge < -0.3 is 10.3 Å². The predicted molar refractivity (Wildman–Crippen MR) is 72.7 cm³/mol. The van der Waals surface area contributed by atoms with E-state index < -0.39 is 0 Å². The van der Waals surface area contributed by atoms with Crippen molar-refractivity contribution in [2.75, 3.05) is 5.75 Å². The summed E-state index contributed by atoms with van der Waals surface area (Å²) in [6.45, 7) is 2.07. The zero-order valence-corrected chi connectivity index (χ0v) is 10.8. The molecule has 0 bridgehead atoms. The molecule has 1 aromatic carbocycles. The predicted octanol–water partition coefficient (Wildman–Crippen LogP) is 2.30. The summed E-state index contributed by atoms with van der Waals surface area (Å²) in [6.07, 6.45) is 0.604. The minimum Gasteiger partial charge on any atom is -0.388 e. The number of nitrogens with two attached hydrogens (primary N) is 1. The minimum atomic E-state index is 0.229. The van der Waals surface area contributed by atoms with E-state index in [0.29, 0.717) is 6.42 Å². The van der Waals surface area contributed by atoms with Crippen LogP contribution < -0.4 is 5.73 Å². The lowest BCUT2D eigenvalue weighted by Gasteiger charge is -2.01. The second-order valence-corrected chi connectivity index (χ2v) is 5.13. The Kier molecular flexibility index (Phi) is 3.38. The van der Waals surface area contributed by atoms with E-state index in [1.165, 1.54) is 5.56 Å². The van der Waals surface area contributed by atoms with E-state index in [9.17, 15) is 0 Å². The van der Waals surface area contributed by atoms with E-state index in [-0.39, 0.29) is 5.84 Å². The Morgan fingerprint density at radius 3 is 3.00 bits per heavy atom. The van der Waals surface area contributed by atoms with Crippen LogP contribution in [0.4, 0.5) is 0 Å². The molecule has 0 aliphatic rings. The fourth-order valence-electron chi connectivity index (χ4n) is 1.67. The normalized spacial score (nSPS) is 10.9. The first kappa shape index (κ1) is 12.0.